The Morgan fingerprint density at radius 3 is 1.83 bits per heavy atom. The first kappa shape index (κ1) is 6.91. The summed E-state index contributed by atoms with van der Waals surface area (Å²) in [6.45, 7) is 0. The van der Waals surface area contributed by atoms with Crippen LogP contribution in [0.15, 0.2) is 0 Å². The van der Waals surface area contributed by atoms with Crippen molar-refractivity contribution in [1.82, 2.24) is 0 Å². The molecule has 0 aromatic carbocycles. The normalized spacial score (nSPS) is 11.8. The number of phosphoric acid groups is 1. The Bertz CT molecular complexity index is 71.6. The molecule has 4 nitrogen and oxygen atoms in total. The first-order valence-electron chi connectivity index (χ1n) is 1.00. The van der Waals surface area contributed by atoms with Gasteiger partial charge < -0.3 is 0 Å². The molecule has 0 aliphatic carbocycles. The first-order chi connectivity index (χ1) is 2.56. The van der Waals surface area contributed by atoms with E-state index in [1.54, 1.807) is 0 Å². The van der Waals surface area contributed by atoms with Gasteiger partial charge in [-0.3, -0.25) is 0 Å². The summed E-state index contributed by atoms with van der Waals surface area (Å²) in [6.07, 6.45) is 0. The summed E-state index contributed by atoms with van der Waals surface area (Å²) >= 11 is 0.140. The third kappa shape index (κ3) is 4.91. The van der Waals surface area contributed by atoms with Crippen LogP contribution in [-0.4, -0.2) is 32.7 Å². The Labute approximate surface area is 48.4 Å². The molecule has 2 N–H and O–H groups in total. The maximum absolute atomic E-state index is 9.50. The third-order valence-corrected chi connectivity index (χ3v) is 2.76. The van der Waals surface area contributed by atoms with Gasteiger partial charge in [-0.15, -0.1) is 0 Å². The predicted molar refractivity (Wildman–Crippen MR) is 20.3 cm³/mol. The van der Waals surface area contributed by atoms with Gasteiger partial charge in [-0.05, 0) is 0 Å². The second-order valence-corrected chi connectivity index (χ2v) is 3.59. The molecule has 0 unspecified atom stereocenters. The van der Waals surface area contributed by atoms with E-state index in [4.69, 9.17) is 9.79 Å². The number of hydrogen-bond donors (Lipinski definition) is 2. The van der Waals surface area contributed by atoms with Crippen molar-refractivity contribution >= 4 is 30.8 Å². The van der Waals surface area contributed by atoms with Crippen molar-refractivity contribution in [2.75, 3.05) is 0 Å². The molecule has 0 amide bonds. The van der Waals surface area contributed by atoms with E-state index in [0.717, 1.165) is 0 Å². The predicted octanol–water partition coefficient (Wildman–Crippen LogP) is -1.09. The van der Waals surface area contributed by atoms with E-state index >= 15 is 0 Å². The summed E-state index contributed by atoms with van der Waals surface area (Å²) in [7, 11) is -4.09. The van der Waals surface area contributed by atoms with Crippen LogP contribution >= 0.6 is 7.82 Å². The average molecular weight is 217 g/mol. The first-order valence-corrected chi connectivity index (χ1v) is 3.88. The van der Waals surface area contributed by atoms with Crippen molar-refractivity contribution < 1.29 is 17.2 Å². The van der Waals surface area contributed by atoms with Gasteiger partial charge in [-0.1, -0.05) is 0 Å². The van der Waals surface area contributed by atoms with Gasteiger partial charge in [0.25, 0.3) is 0 Å². The van der Waals surface area contributed by atoms with Crippen molar-refractivity contribution in [1.29, 1.82) is 0 Å². The fraction of sp³-hybridized carbons (Fsp3) is 0. The molecular formula is H3O4PSn. The van der Waals surface area contributed by atoms with Gasteiger partial charge in [0, 0.05) is 0 Å². The summed E-state index contributed by atoms with van der Waals surface area (Å²) in [4.78, 5) is 15.5. The molecule has 0 atom stereocenters. The van der Waals surface area contributed by atoms with Crippen LogP contribution in [0.1, 0.15) is 0 Å². The Morgan fingerprint density at radius 1 is 1.67 bits per heavy atom. The number of rotatable bonds is 1. The monoisotopic (exact) mass is 218 g/mol. The molecule has 6 heteroatoms. The van der Waals surface area contributed by atoms with Gasteiger partial charge in [0.2, 0.25) is 0 Å². The summed E-state index contributed by atoms with van der Waals surface area (Å²) < 4.78 is 13.2. The molecule has 0 bridgehead atoms. The second-order valence-electron chi connectivity index (χ2n) is 0.596. The fourth-order valence-corrected chi connectivity index (χ4v) is 0. The van der Waals surface area contributed by atoms with Gasteiger partial charge >= 0.3 is 48.0 Å². The molecule has 0 aromatic rings. The standard InChI is InChI=1S/H3O4P.Sn.H/c1-5(2,3)4;;/h(H3,1,2,3,4);;/q;+1;/p-1. The zero-order valence-corrected chi connectivity index (χ0v) is 6.93. The van der Waals surface area contributed by atoms with E-state index in [-0.39, 0.29) is 22.9 Å². The molecule has 36 valence electrons. The molecule has 0 aliphatic heterocycles. The van der Waals surface area contributed by atoms with Crippen LogP contribution in [0.25, 0.3) is 0 Å². The summed E-state index contributed by atoms with van der Waals surface area (Å²) in [5.41, 5.74) is 0. The molecule has 0 heterocycles. The van der Waals surface area contributed by atoms with E-state index in [1.165, 1.54) is 0 Å². The van der Waals surface area contributed by atoms with Crippen LogP contribution < -0.4 is 0 Å². The second kappa shape index (κ2) is 2.28. The third-order valence-electron chi connectivity index (χ3n) is 0.137. The molecular weight excluding hydrogens is 214 g/mol. The molecule has 6 heavy (non-hydrogen) atoms. The zero-order valence-electron chi connectivity index (χ0n) is 2.74. The molecule has 0 rings (SSSR count). The fourth-order valence-electron chi connectivity index (χ4n) is 0. The molecule has 0 saturated heterocycles. The Hall–Kier alpha value is 0.909. The van der Waals surface area contributed by atoms with Gasteiger partial charge in [0.1, 0.15) is 0 Å². The van der Waals surface area contributed by atoms with Crippen LogP contribution in [0.4, 0.5) is 0 Å². The Kier molecular flexibility index (Phi) is 2.62. The number of hydrogen-bond acceptors (Lipinski definition) is 2. The van der Waals surface area contributed by atoms with Crippen molar-refractivity contribution in [3.05, 3.63) is 0 Å². The summed E-state index contributed by atoms with van der Waals surface area (Å²) in [6, 6.07) is 0. The van der Waals surface area contributed by atoms with Crippen LogP contribution in [0.3, 0.4) is 0 Å². The minimum atomic E-state index is -4.09. The minimum absolute atomic E-state index is 0.140. The maximum atomic E-state index is 9.50. The molecule has 0 saturated carbocycles. The summed E-state index contributed by atoms with van der Waals surface area (Å²) in [5, 5.41) is 0. The van der Waals surface area contributed by atoms with Gasteiger partial charge in [0.15, 0.2) is 0 Å². The zero-order chi connectivity index (χ0) is 5.21. The van der Waals surface area contributed by atoms with Crippen molar-refractivity contribution in [3.8, 4) is 0 Å². The topological polar surface area (TPSA) is 66.8 Å². The Morgan fingerprint density at radius 2 is 1.83 bits per heavy atom. The van der Waals surface area contributed by atoms with Gasteiger partial charge in [0.05, 0.1) is 0 Å². The van der Waals surface area contributed by atoms with Crippen molar-refractivity contribution in [2.45, 2.75) is 0 Å². The van der Waals surface area contributed by atoms with E-state index in [2.05, 4.69) is 2.86 Å². The van der Waals surface area contributed by atoms with Gasteiger partial charge in [-0.2, -0.15) is 0 Å². The van der Waals surface area contributed by atoms with Crippen LogP contribution in [0, 0.1) is 0 Å². The molecule has 0 aliphatic rings. The van der Waals surface area contributed by atoms with Crippen LogP contribution in [-0.2, 0) is 7.43 Å². The van der Waals surface area contributed by atoms with Crippen molar-refractivity contribution in [3.63, 3.8) is 0 Å². The quantitative estimate of drug-likeness (QED) is 0.432. The Balaban J connectivity index is 3.48. The van der Waals surface area contributed by atoms with E-state index in [9.17, 15) is 4.57 Å². The SMILES string of the molecule is O=P(O)(O)[O][SnH]. The molecule has 0 aromatic heterocycles. The summed E-state index contributed by atoms with van der Waals surface area (Å²) in [5.74, 6) is 0. The van der Waals surface area contributed by atoms with E-state index in [0.29, 0.717) is 0 Å². The molecule has 0 spiro atoms. The molecule has 0 fully saturated rings. The molecule has 2 radical (unpaired) electrons. The van der Waals surface area contributed by atoms with Crippen molar-refractivity contribution in [2.24, 2.45) is 0 Å². The van der Waals surface area contributed by atoms with Crippen LogP contribution in [0.2, 0.25) is 0 Å². The average Bonchev–Trinajstić information content (AvgIpc) is 1.35. The van der Waals surface area contributed by atoms with E-state index < -0.39 is 7.82 Å². The van der Waals surface area contributed by atoms with Crippen LogP contribution in [0.5, 0.6) is 0 Å². The van der Waals surface area contributed by atoms with Gasteiger partial charge in [-0.25, -0.2) is 0 Å². The van der Waals surface area contributed by atoms with E-state index in [1.807, 2.05) is 0 Å².